The lowest BCUT2D eigenvalue weighted by atomic mass is 9.84. The molecule has 1 aliphatic rings. The zero-order valence-corrected chi connectivity index (χ0v) is 25.1. The third-order valence-corrected chi connectivity index (χ3v) is 7.67. The topological polar surface area (TPSA) is 195 Å². The molecule has 0 saturated heterocycles. The quantitative estimate of drug-likeness (QED) is 0.0734. The van der Waals surface area contributed by atoms with Crippen molar-refractivity contribution in [3.05, 3.63) is 77.9 Å². The number of carbonyl (C=O) groups excluding carboxylic acids is 4. The number of amides is 4. The van der Waals surface area contributed by atoms with Crippen molar-refractivity contribution < 1.29 is 19.2 Å². The number of nitrogens with one attached hydrogen (secondary N) is 3. The van der Waals surface area contributed by atoms with E-state index in [0.717, 1.165) is 43.2 Å². The SMILES string of the molecule is NC(=O)[C@H](Cc1ccccc1)NC(=O)[C@H](CCCN=C(N)N)NC(=O)[C@H](CC1CCCCC1)NC(=O)/C=C/c1ccccc1. The Morgan fingerprint density at radius 2 is 1.41 bits per heavy atom. The largest absolute Gasteiger partial charge is 0.370 e. The van der Waals surface area contributed by atoms with Gasteiger partial charge in [-0.3, -0.25) is 24.2 Å². The lowest BCUT2D eigenvalue weighted by Crippen LogP contribution is -2.57. The zero-order chi connectivity index (χ0) is 31.7. The van der Waals surface area contributed by atoms with Crippen molar-refractivity contribution in [2.75, 3.05) is 6.54 Å². The van der Waals surface area contributed by atoms with Gasteiger partial charge in [-0.05, 0) is 42.4 Å². The molecule has 0 bridgehead atoms. The summed E-state index contributed by atoms with van der Waals surface area (Å²) in [6.45, 7) is 0.248. The first-order valence-corrected chi connectivity index (χ1v) is 15.2. The first kappa shape index (κ1) is 33.8. The number of carbonyl (C=O) groups is 4. The summed E-state index contributed by atoms with van der Waals surface area (Å²) in [5.74, 6) is -1.94. The van der Waals surface area contributed by atoms with Gasteiger partial charge in [0.2, 0.25) is 23.6 Å². The van der Waals surface area contributed by atoms with Crippen LogP contribution in [0.5, 0.6) is 0 Å². The first-order chi connectivity index (χ1) is 21.2. The smallest absolute Gasteiger partial charge is 0.244 e. The van der Waals surface area contributed by atoms with Crippen LogP contribution in [0.25, 0.3) is 6.08 Å². The molecule has 0 spiro atoms. The van der Waals surface area contributed by atoms with E-state index < -0.39 is 41.8 Å². The highest BCUT2D eigenvalue weighted by Gasteiger charge is 2.30. The van der Waals surface area contributed by atoms with Gasteiger partial charge in [0.05, 0.1) is 0 Å². The number of rotatable bonds is 16. The third-order valence-electron chi connectivity index (χ3n) is 7.67. The number of nitrogens with zero attached hydrogens (tertiary/aromatic N) is 1. The summed E-state index contributed by atoms with van der Waals surface area (Å²) >= 11 is 0. The van der Waals surface area contributed by atoms with Crippen molar-refractivity contribution in [1.82, 2.24) is 16.0 Å². The average Bonchev–Trinajstić information content (AvgIpc) is 3.02. The molecule has 44 heavy (non-hydrogen) atoms. The molecule has 3 atom stereocenters. The predicted molar refractivity (Wildman–Crippen MR) is 172 cm³/mol. The van der Waals surface area contributed by atoms with E-state index in [9.17, 15) is 19.2 Å². The zero-order valence-electron chi connectivity index (χ0n) is 25.1. The van der Waals surface area contributed by atoms with Crippen LogP contribution in [0.1, 0.15) is 62.5 Å². The monoisotopic (exact) mass is 603 g/mol. The van der Waals surface area contributed by atoms with Crippen LogP contribution in [0.15, 0.2) is 71.7 Å². The van der Waals surface area contributed by atoms with Crippen LogP contribution in [0.3, 0.4) is 0 Å². The number of guanidine groups is 1. The molecule has 236 valence electrons. The number of hydrogen-bond acceptors (Lipinski definition) is 5. The molecule has 11 heteroatoms. The van der Waals surface area contributed by atoms with Gasteiger partial charge in [-0.2, -0.15) is 0 Å². The molecule has 9 N–H and O–H groups in total. The number of hydrogen-bond donors (Lipinski definition) is 6. The molecule has 1 saturated carbocycles. The molecule has 0 radical (unpaired) electrons. The van der Waals surface area contributed by atoms with Crippen LogP contribution in [0.2, 0.25) is 0 Å². The molecule has 1 fully saturated rings. The Kier molecular flexibility index (Phi) is 13.9. The highest BCUT2D eigenvalue weighted by molar-refractivity contribution is 5.97. The Bertz CT molecular complexity index is 1270. The number of primary amides is 1. The van der Waals surface area contributed by atoms with E-state index >= 15 is 0 Å². The fourth-order valence-corrected chi connectivity index (χ4v) is 5.33. The second kappa shape index (κ2) is 18.1. The molecular weight excluding hydrogens is 558 g/mol. The summed E-state index contributed by atoms with van der Waals surface area (Å²) in [4.78, 5) is 56.3. The molecule has 0 unspecified atom stereocenters. The van der Waals surface area contributed by atoms with E-state index in [-0.39, 0.29) is 31.3 Å². The highest BCUT2D eigenvalue weighted by atomic mass is 16.2. The van der Waals surface area contributed by atoms with Gasteiger partial charge in [-0.1, -0.05) is 92.8 Å². The Morgan fingerprint density at radius 1 is 0.795 bits per heavy atom. The van der Waals surface area contributed by atoms with Crippen molar-refractivity contribution in [2.45, 2.75) is 75.9 Å². The molecule has 11 nitrogen and oxygen atoms in total. The van der Waals surface area contributed by atoms with Gasteiger partial charge in [0.25, 0.3) is 0 Å². The lowest BCUT2D eigenvalue weighted by Gasteiger charge is -2.28. The summed E-state index contributed by atoms with van der Waals surface area (Å²) in [6, 6.07) is 15.7. The van der Waals surface area contributed by atoms with Crippen LogP contribution >= 0.6 is 0 Å². The van der Waals surface area contributed by atoms with E-state index in [2.05, 4.69) is 20.9 Å². The Morgan fingerprint density at radius 3 is 2.05 bits per heavy atom. The maximum Gasteiger partial charge on any atom is 0.244 e. The van der Waals surface area contributed by atoms with Crippen molar-refractivity contribution in [1.29, 1.82) is 0 Å². The van der Waals surface area contributed by atoms with Crippen molar-refractivity contribution in [2.24, 2.45) is 28.1 Å². The third kappa shape index (κ3) is 12.3. The summed E-state index contributed by atoms with van der Waals surface area (Å²) < 4.78 is 0. The van der Waals surface area contributed by atoms with Gasteiger partial charge >= 0.3 is 0 Å². The van der Waals surface area contributed by atoms with Gasteiger partial charge in [0.1, 0.15) is 18.1 Å². The van der Waals surface area contributed by atoms with Gasteiger partial charge in [-0.25, -0.2) is 0 Å². The van der Waals surface area contributed by atoms with E-state index in [1.165, 1.54) is 6.08 Å². The van der Waals surface area contributed by atoms with E-state index in [0.29, 0.717) is 12.8 Å². The molecule has 2 aromatic rings. The normalized spacial score (nSPS) is 15.5. The molecule has 0 aliphatic heterocycles. The van der Waals surface area contributed by atoms with E-state index in [1.54, 1.807) is 6.08 Å². The fraction of sp³-hybridized carbons (Fsp3) is 0.424. The molecule has 0 aromatic heterocycles. The Labute approximate surface area is 259 Å². The summed E-state index contributed by atoms with van der Waals surface area (Å²) in [7, 11) is 0. The second-order valence-corrected chi connectivity index (χ2v) is 11.2. The van der Waals surface area contributed by atoms with Gasteiger partial charge in [-0.15, -0.1) is 0 Å². The summed E-state index contributed by atoms with van der Waals surface area (Å²) in [5.41, 5.74) is 18.2. The number of benzene rings is 2. The van der Waals surface area contributed by atoms with E-state index in [4.69, 9.17) is 17.2 Å². The highest BCUT2D eigenvalue weighted by Crippen LogP contribution is 2.27. The molecule has 0 heterocycles. The minimum atomic E-state index is -1.01. The van der Waals surface area contributed by atoms with Gasteiger partial charge in [0.15, 0.2) is 5.96 Å². The summed E-state index contributed by atoms with van der Waals surface area (Å²) in [6.07, 6.45) is 9.57. The number of aliphatic imine (C=N–C) groups is 1. The standard InChI is InChI=1S/C33H45N7O4/c34-30(42)27(21-24-13-6-2-7-14-24)40-31(43)26(17-10-20-37-33(35)36)39-32(44)28(22-25-15-8-3-9-16-25)38-29(41)19-18-23-11-4-1-5-12-23/h1-2,4-7,11-14,18-19,25-28H,3,8-10,15-17,20-22H2,(H2,34,42)(H,38,41)(H,39,44)(H,40,43)(H4,35,36,37)/b19-18+/t26-,27-,28-/m0/s1. The summed E-state index contributed by atoms with van der Waals surface area (Å²) in [5, 5.41) is 8.39. The Balaban J connectivity index is 1.75. The lowest BCUT2D eigenvalue weighted by molar-refractivity contribution is -0.133. The molecule has 3 rings (SSSR count). The number of nitrogens with two attached hydrogens (primary N) is 3. The average molecular weight is 604 g/mol. The second-order valence-electron chi connectivity index (χ2n) is 11.2. The predicted octanol–water partition coefficient (Wildman–Crippen LogP) is 1.91. The fourth-order valence-electron chi connectivity index (χ4n) is 5.33. The van der Waals surface area contributed by atoms with Gasteiger partial charge in [0, 0.05) is 19.0 Å². The van der Waals surface area contributed by atoms with E-state index in [1.807, 2.05) is 60.7 Å². The van der Waals surface area contributed by atoms with Crippen LogP contribution in [0.4, 0.5) is 0 Å². The van der Waals surface area contributed by atoms with Crippen LogP contribution in [-0.4, -0.2) is 54.3 Å². The van der Waals surface area contributed by atoms with Crippen LogP contribution in [-0.2, 0) is 25.6 Å². The van der Waals surface area contributed by atoms with Gasteiger partial charge < -0.3 is 33.2 Å². The maximum absolute atomic E-state index is 13.7. The molecule has 2 aromatic carbocycles. The van der Waals surface area contributed by atoms with Crippen LogP contribution < -0.4 is 33.2 Å². The Hall–Kier alpha value is -4.67. The van der Waals surface area contributed by atoms with Crippen molar-refractivity contribution >= 4 is 35.7 Å². The van der Waals surface area contributed by atoms with Crippen molar-refractivity contribution in [3.63, 3.8) is 0 Å². The van der Waals surface area contributed by atoms with Crippen LogP contribution in [0, 0.1) is 5.92 Å². The first-order valence-electron chi connectivity index (χ1n) is 15.2. The molecular formula is C33H45N7O4. The minimum Gasteiger partial charge on any atom is -0.370 e. The minimum absolute atomic E-state index is 0.0782. The van der Waals surface area contributed by atoms with Crippen molar-refractivity contribution in [3.8, 4) is 0 Å². The maximum atomic E-state index is 13.7. The molecule has 4 amide bonds. The molecule has 1 aliphatic carbocycles.